The Morgan fingerprint density at radius 2 is 2.05 bits per heavy atom. The van der Waals surface area contributed by atoms with Crippen LogP contribution in [0.1, 0.15) is 11.1 Å². The average Bonchev–Trinajstić information content (AvgIpc) is 2.47. The molecule has 2 aromatic rings. The van der Waals surface area contributed by atoms with Crippen molar-refractivity contribution in [3.05, 3.63) is 64.4 Å². The molecule has 0 atom stereocenters. The molecule has 2 nitrogen and oxygen atoms in total. The summed E-state index contributed by atoms with van der Waals surface area (Å²) in [6, 6.07) is 11.7. The molecule has 0 aliphatic heterocycles. The molecule has 1 N–H and O–H groups in total. The molecule has 2 aromatic carbocycles. The highest BCUT2D eigenvalue weighted by atomic mass is 35.5. The van der Waals surface area contributed by atoms with Gasteiger partial charge >= 0.3 is 0 Å². The van der Waals surface area contributed by atoms with Gasteiger partial charge in [-0.2, -0.15) is 0 Å². The quantitative estimate of drug-likeness (QED) is 0.878. The van der Waals surface area contributed by atoms with Crippen LogP contribution in [0.25, 0.3) is 0 Å². The minimum absolute atomic E-state index is 0.0775. The molecule has 0 heterocycles. The van der Waals surface area contributed by atoms with Gasteiger partial charge in [0.2, 0.25) is 0 Å². The largest absolute Gasteiger partial charge is 0.489 e. The highest BCUT2D eigenvalue weighted by molar-refractivity contribution is 6.30. The number of aliphatic hydroxyl groups excluding tert-OH is 1. The minimum atomic E-state index is -0.448. The van der Waals surface area contributed by atoms with E-state index < -0.39 is 5.82 Å². The summed E-state index contributed by atoms with van der Waals surface area (Å²) in [4.78, 5) is 0. The van der Waals surface area contributed by atoms with Gasteiger partial charge in [0.15, 0.2) is 0 Å². The van der Waals surface area contributed by atoms with Gasteiger partial charge in [0.05, 0.1) is 5.02 Å². The van der Waals surface area contributed by atoms with E-state index in [4.69, 9.17) is 21.4 Å². The molecule has 0 spiro atoms. The normalized spacial score (nSPS) is 9.75. The SMILES string of the molecule is OCC#Cc1cccc(OCc2ccc(F)c(Cl)c2)c1. The Kier molecular flexibility index (Phi) is 5.00. The van der Waals surface area contributed by atoms with Crippen molar-refractivity contribution in [2.24, 2.45) is 0 Å². The molecule has 20 heavy (non-hydrogen) atoms. The number of ether oxygens (including phenoxy) is 1. The summed E-state index contributed by atoms with van der Waals surface area (Å²) in [6.07, 6.45) is 0. The molecular formula is C16H12ClFO2. The van der Waals surface area contributed by atoms with Crippen LogP contribution in [0.5, 0.6) is 5.75 Å². The van der Waals surface area contributed by atoms with Crippen molar-refractivity contribution in [3.63, 3.8) is 0 Å². The van der Waals surface area contributed by atoms with Crippen LogP contribution < -0.4 is 4.74 Å². The van der Waals surface area contributed by atoms with E-state index in [0.717, 1.165) is 11.1 Å². The van der Waals surface area contributed by atoms with Gasteiger partial charge in [0.1, 0.15) is 24.8 Å². The van der Waals surface area contributed by atoms with Crippen molar-refractivity contribution in [1.82, 2.24) is 0 Å². The van der Waals surface area contributed by atoms with E-state index in [0.29, 0.717) is 5.75 Å². The predicted molar refractivity (Wildman–Crippen MR) is 76.1 cm³/mol. The molecule has 0 amide bonds. The summed E-state index contributed by atoms with van der Waals surface area (Å²) in [6.45, 7) is 0.107. The Hall–Kier alpha value is -2.02. The summed E-state index contributed by atoms with van der Waals surface area (Å²) < 4.78 is 18.6. The molecule has 0 radical (unpaired) electrons. The number of hydrogen-bond acceptors (Lipinski definition) is 2. The standard InChI is InChI=1S/C16H12ClFO2/c17-15-10-13(6-7-16(15)18)11-20-14-5-1-3-12(9-14)4-2-8-19/h1,3,5-7,9-10,19H,8,11H2. The number of benzene rings is 2. The van der Waals surface area contributed by atoms with E-state index >= 15 is 0 Å². The number of rotatable bonds is 3. The molecule has 0 saturated carbocycles. The molecule has 0 aliphatic rings. The minimum Gasteiger partial charge on any atom is -0.489 e. The maximum absolute atomic E-state index is 13.0. The molecule has 0 aromatic heterocycles. The summed E-state index contributed by atoms with van der Waals surface area (Å²) in [7, 11) is 0. The fraction of sp³-hybridized carbons (Fsp3) is 0.125. The van der Waals surface area contributed by atoms with E-state index in [9.17, 15) is 4.39 Å². The molecule has 0 bridgehead atoms. The highest BCUT2D eigenvalue weighted by Crippen LogP contribution is 2.18. The smallest absolute Gasteiger partial charge is 0.141 e. The zero-order chi connectivity index (χ0) is 14.4. The first-order valence-corrected chi connectivity index (χ1v) is 6.33. The van der Waals surface area contributed by atoms with Gasteiger partial charge in [-0.3, -0.25) is 0 Å². The van der Waals surface area contributed by atoms with E-state index in [-0.39, 0.29) is 18.2 Å². The molecule has 4 heteroatoms. The van der Waals surface area contributed by atoms with Crippen LogP contribution in [-0.4, -0.2) is 11.7 Å². The van der Waals surface area contributed by atoms with E-state index in [2.05, 4.69) is 11.8 Å². The predicted octanol–water partition coefficient (Wildman–Crippen LogP) is 3.40. The molecule has 0 saturated heterocycles. The summed E-state index contributed by atoms with van der Waals surface area (Å²) in [5.74, 6) is 5.57. The van der Waals surface area contributed by atoms with Crippen LogP contribution in [-0.2, 0) is 6.61 Å². The number of halogens is 2. The average molecular weight is 291 g/mol. The van der Waals surface area contributed by atoms with Crippen molar-refractivity contribution >= 4 is 11.6 Å². The Morgan fingerprint density at radius 1 is 1.20 bits per heavy atom. The Morgan fingerprint density at radius 3 is 2.80 bits per heavy atom. The van der Waals surface area contributed by atoms with Crippen molar-refractivity contribution in [2.45, 2.75) is 6.61 Å². The van der Waals surface area contributed by atoms with Gasteiger partial charge in [-0.15, -0.1) is 0 Å². The van der Waals surface area contributed by atoms with Crippen LogP contribution in [0, 0.1) is 17.7 Å². The monoisotopic (exact) mass is 290 g/mol. The fourth-order valence-electron chi connectivity index (χ4n) is 1.60. The lowest BCUT2D eigenvalue weighted by Crippen LogP contribution is -1.96. The van der Waals surface area contributed by atoms with Crippen LogP contribution in [0.2, 0.25) is 5.02 Å². The lowest BCUT2D eigenvalue weighted by molar-refractivity contribution is 0.306. The van der Waals surface area contributed by atoms with Crippen LogP contribution in [0.4, 0.5) is 4.39 Å². The van der Waals surface area contributed by atoms with Crippen LogP contribution in [0.15, 0.2) is 42.5 Å². The van der Waals surface area contributed by atoms with Gasteiger partial charge in [-0.1, -0.05) is 35.6 Å². The molecule has 0 fully saturated rings. The highest BCUT2D eigenvalue weighted by Gasteiger charge is 2.02. The molecule has 102 valence electrons. The van der Waals surface area contributed by atoms with E-state index in [1.54, 1.807) is 18.2 Å². The van der Waals surface area contributed by atoms with Gasteiger partial charge in [0.25, 0.3) is 0 Å². The fourth-order valence-corrected chi connectivity index (χ4v) is 1.80. The van der Waals surface area contributed by atoms with Crippen molar-refractivity contribution in [2.75, 3.05) is 6.61 Å². The lowest BCUT2D eigenvalue weighted by atomic mass is 10.2. The molecule has 0 unspecified atom stereocenters. The second-order valence-electron chi connectivity index (χ2n) is 4.02. The zero-order valence-corrected chi connectivity index (χ0v) is 11.3. The van der Waals surface area contributed by atoms with Crippen molar-refractivity contribution in [3.8, 4) is 17.6 Å². The van der Waals surface area contributed by atoms with Crippen molar-refractivity contribution < 1.29 is 14.2 Å². The lowest BCUT2D eigenvalue weighted by Gasteiger charge is -2.07. The molecule has 0 aliphatic carbocycles. The second-order valence-corrected chi connectivity index (χ2v) is 4.43. The van der Waals surface area contributed by atoms with Gasteiger partial charge in [-0.25, -0.2) is 4.39 Å². The number of aliphatic hydroxyl groups is 1. The molecule has 2 rings (SSSR count). The van der Waals surface area contributed by atoms with Crippen molar-refractivity contribution in [1.29, 1.82) is 0 Å². The summed E-state index contributed by atoms with van der Waals surface area (Å²) >= 11 is 5.71. The third-order valence-electron chi connectivity index (χ3n) is 2.54. The van der Waals surface area contributed by atoms with E-state index in [1.165, 1.54) is 12.1 Å². The zero-order valence-electron chi connectivity index (χ0n) is 10.6. The van der Waals surface area contributed by atoms with E-state index in [1.807, 2.05) is 12.1 Å². The third kappa shape index (κ3) is 3.99. The Balaban J connectivity index is 2.05. The Bertz CT molecular complexity index is 659. The van der Waals surface area contributed by atoms with Gasteiger partial charge in [-0.05, 0) is 35.9 Å². The summed E-state index contributed by atoms with van der Waals surface area (Å²) in [5, 5.41) is 8.73. The maximum atomic E-state index is 13.0. The molecular weight excluding hydrogens is 279 g/mol. The second kappa shape index (κ2) is 6.95. The summed E-state index contributed by atoms with van der Waals surface area (Å²) in [5.41, 5.74) is 1.54. The first-order valence-electron chi connectivity index (χ1n) is 5.95. The Labute approximate surface area is 121 Å². The van der Waals surface area contributed by atoms with Gasteiger partial charge in [0, 0.05) is 5.56 Å². The third-order valence-corrected chi connectivity index (χ3v) is 2.82. The maximum Gasteiger partial charge on any atom is 0.141 e. The topological polar surface area (TPSA) is 29.5 Å². The first kappa shape index (κ1) is 14.4. The van der Waals surface area contributed by atoms with Crippen LogP contribution in [0.3, 0.4) is 0 Å². The number of hydrogen-bond donors (Lipinski definition) is 1. The van der Waals surface area contributed by atoms with Gasteiger partial charge < -0.3 is 9.84 Å². The first-order chi connectivity index (χ1) is 9.69. The van der Waals surface area contributed by atoms with Crippen LogP contribution >= 0.6 is 11.6 Å².